The molecule has 0 aliphatic rings. The van der Waals surface area contributed by atoms with Crippen molar-refractivity contribution < 1.29 is 0 Å². The van der Waals surface area contributed by atoms with Gasteiger partial charge in [0.05, 0.1) is 0 Å². The Kier molecular flexibility index (Phi) is 3.56. The summed E-state index contributed by atoms with van der Waals surface area (Å²) in [4.78, 5) is 2.20. The molecule has 0 amide bonds. The number of allylic oxidation sites excluding steroid dienone is 2. The van der Waals surface area contributed by atoms with Crippen LogP contribution in [0.15, 0.2) is 23.9 Å². The van der Waals surface area contributed by atoms with Crippen LogP contribution < -0.4 is 0 Å². The van der Waals surface area contributed by atoms with Crippen molar-refractivity contribution >= 4 is 0 Å². The molecule has 0 saturated carbocycles. The van der Waals surface area contributed by atoms with E-state index in [2.05, 4.69) is 52.3 Å². The molecule has 1 heteroatoms. The van der Waals surface area contributed by atoms with Gasteiger partial charge < -0.3 is 4.90 Å². The van der Waals surface area contributed by atoms with E-state index in [4.69, 9.17) is 0 Å². The zero-order valence-electron chi connectivity index (χ0n) is 9.23. The number of nitrogens with zero attached hydrogens (tertiary/aromatic N) is 1. The van der Waals surface area contributed by atoms with Crippen molar-refractivity contribution in [1.82, 2.24) is 4.90 Å². The van der Waals surface area contributed by atoms with Gasteiger partial charge in [0.15, 0.2) is 0 Å². The minimum absolute atomic E-state index is 0.154. The monoisotopic (exact) mass is 167 g/mol. The molecule has 0 fully saturated rings. The summed E-state index contributed by atoms with van der Waals surface area (Å²) < 4.78 is 0. The lowest BCUT2D eigenvalue weighted by Gasteiger charge is -2.35. The van der Waals surface area contributed by atoms with Crippen LogP contribution in [0.1, 0.15) is 34.6 Å². The van der Waals surface area contributed by atoms with E-state index in [0.29, 0.717) is 0 Å². The fraction of sp³-hybridized carbons (Fsp3) is 0.636. The van der Waals surface area contributed by atoms with Crippen molar-refractivity contribution in [3.63, 3.8) is 0 Å². The van der Waals surface area contributed by atoms with E-state index in [1.54, 1.807) is 0 Å². The Labute approximate surface area is 76.8 Å². The fourth-order valence-electron chi connectivity index (χ4n) is 0.836. The standard InChI is InChI=1S/C11H21N/c1-8-9(2)10(3)12(7)11(4,5)6/h8H,3H2,1-2,4-7H3/b9-8+. The predicted molar refractivity (Wildman–Crippen MR) is 56.1 cm³/mol. The van der Waals surface area contributed by atoms with E-state index in [1.807, 2.05) is 6.92 Å². The SMILES string of the molecule is C=C(/C(C)=C/C)N(C)C(C)(C)C. The van der Waals surface area contributed by atoms with Gasteiger partial charge in [-0.05, 0) is 40.2 Å². The molecule has 0 aromatic heterocycles. The van der Waals surface area contributed by atoms with Gasteiger partial charge in [0.2, 0.25) is 0 Å². The van der Waals surface area contributed by atoms with Crippen LogP contribution in [0.5, 0.6) is 0 Å². The third-order valence-electron chi connectivity index (χ3n) is 2.30. The zero-order chi connectivity index (χ0) is 9.94. The van der Waals surface area contributed by atoms with Crippen LogP contribution in [-0.4, -0.2) is 17.5 Å². The van der Waals surface area contributed by atoms with Crippen LogP contribution in [0.3, 0.4) is 0 Å². The molecule has 0 atom stereocenters. The lowest BCUT2D eigenvalue weighted by molar-refractivity contribution is 0.233. The van der Waals surface area contributed by atoms with Crippen LogP contribution in [0.25, 0.3) is 0 Å². The molecule has 0 unspecified atom stereocenters. The molecule has 0 radical (unpaired) electrons. The van der Waals surface area contributed by atoms with Gasteiger partial charge in [-0.25, -0.2) is 0 Å². The van der Waals surface area contributed by atoms with Gasteiger partial charge in [-0.1, -0.05) is 12.7 Å². The van der Waals surface area contributed by atoms with Gasteiger partial charge in [0.25, 0.3) is 0 Å². The van der Waals surface area contributed by atoms with Gasteiger partial charge in [-0.2, -0.15) is 0 Å². The van der Waals surface area contributed by atoms with Crippen LogP contribution in [-0.2, 0) is 0 Å². The van der Waals surface area contributed by atoms with E-state index in [0.717, 1.165) is 5.70 Å². The second-order valence-corrected chi connectivity index (χ2v) is 4.15. The van der Waals surface area contributed by atoms with Crippen molar-refractivity contribution in [2.24, 2.45) is 0 Å². The van der Waals surface area contributed by atoms with E-state index < -0.39 is 0 Å². The van der Waals surface area contributed by atoms with Crippen LogP contribution in [0.2, 0.25) is 0 Å². The third-order valence-corrected chi connectivity index (χ3v) is 2.30. The molecule has 0 aliphatic carbocycles. The first-order valence-electron chi connectivity index (χ1n) is 4.36. The molecule has 0 heterocycles. The number of likely N-dealkylation sites (N-methyl/N-ethyl adjacent to an activating group) is 1. The van der Waals surface area contributed by atoms with Crippen molar-refractivity contribution in [2.45, 2.75) is 40.2 Å². The molecule has 1 nitrogen and oxygen atoms in total. The first kappa shape index (κ1) is 11.3. The Hall–Kier alpha value is -0.720. The molecule has 12 heavy (non-hydrogen) atoms. The zero-order valence-corrected chi connectivity index (χ0v) is 9.23. The van der Waals surface area contributed by atoms with Crippen LogP contribution in [0, 0.1) is 0 Å². The van der Waals surface area contributed by atoms with E-state index >= 15 is 0 Å². The molecular weight excluding hydrogens is 146 g/mol. The lowest BCUT2D eigenvalue weighted by atomic mass is 10.0. The van der Waals surface area contributed by atoms with Crippen molar-refractivity contribution in [3.05, 3.63) is 23.9 Å². The normalized spacial score (nSPS) is 13.0. The van der Waals surface area contributed by atoms with E-state index in [1.165, 1.54) is 5.57 Å². The molecule has 0 spiro atoms. The average Bonchev–Trinajstić information content (AvgIpc) is 1.98. The highest BCUT2D eigenvalue weighted by Gasteiger charge is 2.18. The Morgan fingerprint density at radius 1 is 1.33 bits per heavy atom. The molecule has 0 N–H and O–H groups in total. The predicted octanol–water partition coefficient (Wildman–Crippen LogP) is 3.20. The van der Waals surface area contributed by atoms with Gasteiger partial charge in [-0.15, -0.1) is 0 Å². The van der Waals surface area contributed by atoms with Crippen molar-refractivity contribution in [3.8, 4) is 0 Å². The second-order valence-electron chi connectivity index (χ2n) is 4.15. The quantitative estimate of drug-likeness (QED) is 0.571. The van der Waals surface area contributed by atoms with Crippen molar-refractivity contribution in [1.29, 1.82) is 0 Å². The summed E-state index contributed by atoms with van der Waals surface area (Å²) in [6.07, 6.45) is 2.09. The minimum atomic E-state index is 0.154. The largest absolute Gasteiger partial charge is 0.370 e. The minimum Gasteiger partial charge on any atom is -0.370 e. The maximum Gasteiger partial charge on any atom is 0.0321 e. The summed E-state index contributed by atoms with van der Waals surface area (Å²) in [5.74, 6) is 0. The molecule has 0 bridgehead atoms. The summed E-state index contributed by atoms with van der Waals surface area (Å²) in [5, 5.41) is 0. The Morgan fingerprint density at radius 3 is 2.00 bits per heavy atom. The van der Waals surface area contributed by atoms with Gasteiger partial charge in [0.1, 0.15) is 0 Å². The number of rotatable bonds is 2. The molecule has 0 saturated heterocycles. The van der Waals surface area contributed by atoms with Gasteiger partial charge >= 0.3 is 0 Å². The summed E-state index contributed by atoms with van der Waals surface area (Å²) in [6.45, 7) is 14.7. The first-order chi connectivity index (χ1) is 5.30. The highest BCUT2D eigenvalue weighted by atomic mass is 15.2. The highest BCUT2D eigenvalue weighted by molar-refractivity contribution is 5.25. The topological polar surface area (TPSA) is 3.24 Å². The Bertz CT molecular complexity index is 194. The maximum absolute atomic E-state index is 4.05. The summed E-state index contributed by atoms with van der Waals surface area (Å²) in [6, 6.07) is 0. The van der Waals surface area contributed by atoms with Crippen LogP contribution in [0.4, 0.5) is 0 Å². The fourth-order valence-corrected chi connectivity index (χ4v) is 0.836. The smallest absolute Gasteiger partial charge is 0.0321 e. The molecule has 0 aromatic carbocycles. The highest BCUT2D eigenvalue weighted by Crippen LogP contribution is 2.20. The van der Waals surface area contributed by atoms with Crippen molar-refractivity contribution in [2.75, 3.05) is 7.05 Å². The summed E-state index contributed by atoms with van der Waals surface area (Å²) >= 11 is 0. The molecule has 0 aliphatic heterocycles. The molecule has 0 rings (SSSR count). The van der Waals surface area contributed by atoms with Crippen LogP contribution >= 0.6 is 0 Å². The summed E-state index contributed by atoms with van der Waals surface area (Å²) in [7, 11) is 2.08. The van der Waals surface area contributed by atoms with Gasteiger partial charge in [-0.3, -0.25) is 0 Å². The first-order valence-corrected chi connectivity index (χ1v) is 4.36. The molecular formula is C11H21N. The van der Waals surface area contributed by atoms with E-state index in [9.17, 15) is 0 Å². The lowest BCUT2D eigenvalue weighted by Crippen LogP contribution is -2.37. The number of hydrogen-bond acceptors (Lipinski definition) is 1. The Balaban J connectivity index is 4.52. The Morgan fingerprint density at radius 2 is 1.75 bits per heavy atom. The summed E-state index contributed by atoms with van der Waals surface area (Å²) in [5.41, 5.74) is 2.50. The third kappa shape index (κ3) is 2.72. The maximum atomic E-state index is 4.05. The van der Waals surface area contributed by atoms with Gasteiger partial charge in [0, 0.05) is 18.3 Å². The van der Waals surface area contributed by atoms with E-state index in [-0.39, 0.29) is 5.54 Å². The number of hydrogen-bond donors (Lipinski definition) is 0. The average molecular weight is 167 g/mol. The molecule has 0 aromatic rings. The second kappa shape index (κ2) is 3.79. The molecule has 70 valence electrons.